The van der Waals surface area contributed by atoms with Crippen molar-refractivity contribution in [2.75, 3.05) is 5.73 Å². The van der Waals surface area contributed by atoms with Crippen LogP contribution in [0, 0.1) is 5.82 Å². The third-order valence-corrected chi connectivity index (χ3v) is 4.81. The van der Waals surface area contributed by atoms with Gasteiger partial charge in [0.25, 0.3) is 0 Å². The van der Waals surface area contributed by atoms with Gasteiger partial charge in [-0.1, -0.05) is 25.3 Å². The van der Waals surface area contributed by atoms with Crippen molar-refractivity contribution in [3.63, 3.8) is 0 Å². The first kappa shape index (κ1) is 13.3. The molecule has 1 aliphatic carbocycles. The maximum absolute atomic E-state index is 13.3. The molecule has 6 heteroatoms. The first-order valence-corrected chi connectivity index (χ1v) is 7.55. The van der Waals surface area contributed by atoms with Crippen molar-refractivity contribution >= 4 is 15.7 Å². The molecule has 0 aliphatic heterocycles. The number of hydrogen-bond donors (Lipinski definition) is 2. The molecular formula is C12H17FN2O2S. The topological polar surface area (TPSA) is 72.2 Å². The number of nitrogens with two attached hydrogens (primary N) is 1. The lowest BCUT2D eigenvalue weighted by Crippen LogP contribution is -2.36. The van der Waals surface area contributed by atoms with E-state index in [0.717, 1.165) is 38.2 Å². The number of nitrogen functional groups attached to an aromatic ring is 1. The third kappa shape index (κ3) is 2.81. The standard InChI is InChI=1S/C12H17FN2O2S/c13-10-7-4-8-11(12(10)14)18(16,17)15-9-5-2-1-3-6-9/h4,7-9,15H,1-3,5-6,14H2. The third-order valence-electron chi connectivity index (χ3n) is 3.23. The zero-order valence-electron chi connectivity index (χ0n) is 10.0. The number of sulfonamides is 1. The molecular weight excluding hydrogens is 255 g/mol. The van der Waals surface area contributed by atoms with E-state index in [1.165, 1.54) is 12.1 Å². The summed E-state index contributed by atoms with van der Waals surface area (Å²) in [5.41, 5.74) is 5.16. The number of benzene rings is 1. The number of para-hydroxylation sites is 1. The molecule has 4 nitrogen and oxygen atoms in total. The molecule has 1 saturated carbocycles. The van der Waals surface area contributed by atoms with Gasteiger partial charge in [-0.2, -0.15) is 0 Å². The van der Waals surface area contributed by atoms with Crippen LogP contribution in [-0.4, -0.2) is 14.5 Å². The van der Waals surface area contributed by atoms with Gasteiger partial charge in [-0.05, 0) is 25.0 Å². The Hall–Kier alpha value is -1.14. The molecule has 1 aromatic rings. The van der Waals surface area contributed by atoms with Crippen molar-refractivity contribution in [3.05, 3.63) is 24.0 Å². The molecule has 0 saturated heterocycles. The van der Waals surface area contributed by atoms with Gasteiger partial charge < -0.3 is 5.73 Å². The predicted octanol–water partition coefficient (Wildman–Crippen LogP) is 2.02. The summed E-state index contributed by atoms with van der Waals surface area (Å²) in [5.74, 6) is -0.707. The lowest BCUT2D eigenvalue weighted by Gasteiger charge is -2.22. The number of rotatable bonds is 3. The van der Waals surface area contributed by atoms with Crippen LogP contribution >= 0.6 is 0 Å². The van der Waals surface area contributed by atoms with Gasteiger partial charge in [0.05, 0.1) is 5.69 Å². The maximum Gasteiger partial charge on any atom is 0.242 e. The summed E-state index contributed by atoms with van der Waals surface area (Å²) < 4.78 is 40.1. The van der Waals surface area contributed by atoms with Crippen LogP contribution in [0.5, 0.6) is 0 Å². The summed E-state index contributed by atoms with van der Waals surface area (Å²) in [6.07, 6.45) is 4.83. The molecule has 1 aromatic carbocycles. The Morgan fingerprint density at radius 2 is 1.89 bits per heavy atom. The van der Waals surface area contributed by atoms with E-state index < -0.39 is 15.8 Å². The number of nitrogens with one attached hydrogen (secondary N) is 1. The SMILES string of the molecule is Nc1c(F)cccc1S(=O)(=O)NC1CCCCC1. The van der Waals surface area contributed by atoms with Crippen LogP contribution in [-0.2, 0) is 10.0 Å². The second kappa shape index (κ2) is 5.24. The molecule has 18 heavy (non-hydrogen) atoms. The molecule has 0 bridgehead atoms. The summed E-state index contributed by atoms with van der Waals surface area (Å²) >= 11 is 0. The Bertz CT molecular complexity index is 525. The Labute approximate surface area is 106 Å². The first-order chi connectivity index (χ1) is 8.50. The van der Waals surface area contributed by atoms with E-state index in [9.17, 15) is 12.8 Å². The van der Waals surface area contributed by atoms with Gasteiger partial charge in [-0.3, -0.25) is 0 Å². The predicted molar refractivity (Wildman–Crippen MR) is 68.0 cm³/mol. The average molecular weight is 272 g/mol. The van der Waals surface area contributed by atoms with Crippen LogP contribution in [0.3, 0.4) is 0 Å². The summed E-state index contributed by atoms with van der Waals surface area (Å²) in [6, 6.07) is 3.76. The van der Waals surface area contributed by atoms with Crippen LogP contribution in [0.4, 0.5) is 10.1 Å². The van der Waals surface area contributed by atoms with Crippen molar-refractivity contribution in [1.29, 1.82) is 0 Å². The van der Waals surface area contributed by atoms with E-state index in [1.807, 2.05) is 0 Å². The Morgan fingerprint density at radius 1 is 1.22 bits per heavy atom. The summed E-state index contributed by atoms with van der Waals surface area (Å²) in [4.78, 5) is -0.173. The fourth-order valence-electron chi connectivity index (χ4n) is 2.25. The molecule has 100 valence electrons. The Morgan fingerprint density at radius 3 is 2.56 bits per heavy atom. The molecule has 0 spiro atoms. The normalized spacial score (nSPS) is 17.8. The van der Waals surface area contributed by atoms with Crippen molar-refractivity contribution < 1.29 is 12.8 Å². The number of anilines is 1. The van der Waals surface area contributed by atoms with Gasteiger partial charge in [0.15, 0.2) is 0 Å². The second-order valence-electron chi connectivity index (χ2n) is 4.61. The van der Waals surface area contributed by atoms with E-state index >= 15 is 0 Å². The largest absolute Gasteiger partial charge is 0.395 e. The molecule has 1 fully saturated rings. The van der Waals surface area contributed by atoms with Crippen LogP contribution in [0.25, 0.3) is 0 Å². The van der Waals surface area contributed by atoms with E-state index in [2.05, 4.69) is 4.72 Å². The van der Waals surface area contributed by atoms with E-state index in [-0.39, 0.29) is 16.6 Å². The molecule has 0 unspecified atom stereocenters. The highest BCUT2D eigenvalue weighted by molar-refractivity contribution is 7.89. The zero-order chi connectivity index (χ0) is 13.2. The van der Waals surface area contributed by atoms with Gasteiger partial charge >= 0.3 is 0 Å². The zero-order valence-corrected chi connectivity index (χ0v) is 10.8. The second-order valence-corrected chi connectivity index (χ2v) is 6.29. The quantitative estimate of drug-likeness (QED) is 0.827. The molecule has 0 atom stereocenters. The minimum Gasteiger partial charge on any atom is -0.395 e. The van der Waals surface area contributed by atoms with Crippen molar-refractivity contribution in [2.24, 2.45) is 0 Å². The van der Waals surface area contributed by atoms with Crippen LogP contribution in [0.1, 0.15) is 32.1 Å². The smallest absolute Gasteiger partial charge is 0.242 e. The summed E-state index contributed by atoms with van der Waals surface area (Å²) in [6.45, 7) is 0. The van der Waals surface area contributed by atoms with Gasteiger partial charge in [0, 0.05) is 6.04 Å². The Balaban J connectivity index is 2.22. The number of hydrogen-bond acceptors (Lipinski definition) is 3. The average Bonchev–Trinajstić information content (AvgIpc) is 2.33. The van der Waals surface area contributed by atoms with Gasteiger partial charge in [-0.15, -0.1) is 0 Å². The highest BCUT2D eigenvalue weighted by atomic mass is 32.2. The molecule has 0 amide bonds. The molecule has 0 heterocycles. The maximum atomic E-state index is 13.3. The molecule has 0 radical (unpaired) electrons. The highest BCUT2D eigenvalue weighted by Gasteiger charge is 2.24. The Kier molecular flexibility index (Phi) is 3.87. The highest BCUT2D eigenvalue weighted by Crippen LogP contribution is 2.24. The van der Waals surface area contributed by atoms with Gasteiger partial charge in [0.2, 0.25) is 10.0 Å². The van der Waals surface area contributed by atoms with Crippen LogP contribution in [0.2, 0.25) is 0 Å². The van der Waals surface area contributed by atoms with Crippen molar-refractivity contribution in [3.8, 4) is 0 Å². The minimum absolute atomic E-state index is 0.0635. The molecule has 1 aliphatic rings. The van der Waals surface area contributed by atoms with Crippen molar-refractivity contribution in [1.82, 2.24) is 4.72 Å². The summed E-state index contributed by atoms with van der Waals surface area (Å²) in [5, 5.41) is 0. The van der Waals surface area contributed by atoms with Crippen LogP contribution in [0.15, 0.2) is 23.1 Å². The summed E-state index contributed by atoms with van der Waals surface area (Å²) in [7, 11) is -3.73. The molecule has 3 N–H and O–H groups in total. The molecule has 0 aromatic heterocycles. The minimum atomic E-state index is -3.73. The first-order valence-electron chi connectivity index (χ1n) is 6.07. The van der Waals surface area contributed by atoms with E-state index in [4.69, 9.17) is 5.73 Å². The van der Waals surface area contributed by atoms with Crippen LogP contribution < -0.4 is 10.5 Å². The van der Waals surface area contributed by atoms with Gasteiger partial charge in [0.1, 0.15) is 10.7 Å². The fourth-order valence-corrected chi connectivity index (χ4v) is 3.70. The fraction of sp³-hybridized carbons (Fsp3) is 0.500. The number of halogens is 1. The lowest BCUT2D eigenvalue weighted by atomic mass is 9.96. The van der Waals surface area contributed by atoms with Crippen molar-refractivity contribution in [2.45, 2.75) is 43.0 Å². The van der Waals surface area contributed by atoms with Gasteiger partial charge in [-0.25, -0.2) is 17.5 Å². The monoisotopic (exact) mass is 272 g/mol. The molecule has 2 rings (SSSR count). The van der Waals surface area contributed by atoms with E-state index in [0.29, 0.717) is 0 Å². The lowest BCUT2D eigenvalue weighted by molar-refractivity contribution is 0.412. The van der Waals surface area contributed by atoms with E-state index in [1.54, 1.807) is 0 Å².